The molecule has 0 fully saturated rings. The van der Waals surface area contributed by atoms with Crippen LogP contribution >= 0.6 is 0 Å². The molecule has 0 saturated heterocycles. The topological polar surface area (TPSA) is 79.1 Å². The summed E-state index contributed by atoms with van der Waals surface area (Å²) in [5, 5.41) is 9.75. The molecule has 2 rings (SSSR count). The van der Waals surface area contributed by atoms with Crippen LogP contribution in [0.1, 0.15) is 5.56 Å². The Morgan fingerprint density at radius 1 is 1.44 bits per heavy atom. The van der Waals surface area contributed by atoms with Gasteiger partial charge in [0.25, 0.3) is 0 Å². The molecule has 82 valence electrons. The number of carbonyl (C=O) groups is 1. The predicted molar refractivity (Wildman–Crippen MR) is 57.6 cm³/mol. The van der Waals surface area contributed by atoms with E-state index in [1.807, 2.05) is 30.5 Å². The summed E-state index contributed by atoms with van der Waals surface area (Å²) in [6.45, 7) is 0. The second-order valence-electron chi connectivity index (χ2n) is 3.51. The van der Waals surface area contributed by atoms with Crippen LogP contribution in [0.2, 0.25) is 0 Å². The number of benzene rings is 1. The van der Waals surface area contributed by atoms with Crippen LogP contribution < -0.4 is 5.73 Å². The van der Waals surface area contributed by atoms with Gasteiger partial charge in [-0.3, -0.25) is 4.79 Å². The standard InChI is InChI=1S/C11H12N2O2.Zr/c12-9(11(14)15)5-7-6-13-10-4-2-1-3-8(7)10;/h1-4,6,9,13H,5,12H2,(H,14,15);/t9-;/m0./s1. The zero-order valence-corrected chi connectivity index (χ0v) is 11.1. The Labute approximate surface area is 112 Å². The van der Waals surface area contributed by atoms with Gasteiger partial charge in [0, 0.05) is 49.7 Å². The second kappa shape index (κ2) is 5.42. The summed E-state index contributed by atoms with van der Waals surface area (Å²) in [6.07, 6.45) is 2.16. The first-order valence-electron chi connectivity index (χ1n) is 4.72. The molecule has 0 amide bonds. The minimum atomic E-state index is -0.972. The molecule has 0 aliphatic carbocycles. The fourth-order valence-corrected chi connectivity index (χ4v) is 1.62. The molecule has 0 unspecified atom stereocenters. The molecule has 0 saturated carbocycles. The van der Waals surface area contributed by atoms with Crippen LogP contribution in [0.25, 0.3) is 10.9 Å². The van der Waals surface area contributed by atoms with Crippen LogP contribution in [-0.2, 0) is 37.4 Å². The van der Waals surface area contributed by atoms with Crippen molar-refractivity contribution in [2.75, 3.05) is 0 Å². The van der Waals surface area contributed by atoms with Crippen LogP contribution in [-0.4, -0.2) is 22.1 Å². The number of nitrogens with two attached hydrogens (primary N) is 1. The van der Waals surface area contributed by atoms with Crippen LogP contribution in [0, 0.1) is 0 Å². The zero-order chi connectivity index (χ0) is 10.8. The third-order valence-corrected chi connectivity index (χ3v) is 2.43. The van der Waals surface area contributed by atoms with E-state index in [1.165, 1.54) is 0 Å². The number of aliphatic carboxylic acids is 1. The molecular weight excluding hydrogens is 283 g/mol. The molecule has 0 radical (unpaired) electrons. The number of carboxylic acids is 1. The number of hydrogen-bond donors (Lipinski definition) is 3. The van der Waals surface area contributed by atoms with Gasteiger partial charge in [-0.1, -0.05) is 18.2 Å². The SMILES string of the molecule is N[C@@H](Cc1c[nH]c2ccccc12)C(=O)O.[Zr]. The number of aromatic nitrogens is 1. The van der Waals surface area contributed by atoms with E-state index in [0.29, 0.717) is 6.42 Å². The third kappa shape index (κ3) is 2.60. The summed E-state index contributed by atoms with van der Waals surface area (Å²) in [5.74, 6) is -0.972. The fourth-order valence-electron chi connectivity index (χ4n) is 1.62. The molecule has 0 bridgehead atoms. The number of hydrogen-bond acceptors (Lipinski definition) is 2. The molecule has 1 atom stereocenters. The number of aromatic amines is 1. The molecular formula is C11H12N2O2Zr. The van der Waals surface area contributed by atoms with Crippen LogP contribution in [0.3, 0.4) is 0 Å². The first kappa shape index (κ1) is 13.1. The summed E-state index contributed by atoms with van der Waals surface area (Å²) < 4.78 is 0. The van der Waals surface area contributed by atoms with Crippen molar-refractivity contribution < 1.29 is 36.1 Å². The van der Waals surface area contributed by atoms with Crippen LogP contribution in [0.5, 0.6) is 0 Å². The monoisotopic (exact) mass is 294 g/mol. The van der Waals surface area contributed by atoms with E-state index in [4.69, 9.17) is 10.8 Å². The summed E-state index contributed by atoms with van der Waals surface area (Å²) >= 11 is 0. The van der Waals surface area contributed by atoms with Gasteiger partial charge in [-0.2, -0.15) is 0 Å². The summed E-state index contributed by atoms with van der Waals surface area (Å²) in [4.78, 5) is 13.7. The minimum absolute atomic E-state index is 0. The number of carboxylic acid groups (broad SMARTS) is 1. The number of H-pyrrole nitrogens is 1. The molecule has 5 heteroatoms. The normalized spacial score (nSPS) is 12.1. The maximum absolute atomic E-state index is 10.6. The second-order valence-corrected chi connectivity index (χ2v) is 3.51. The molecule has 1 aromatic heterocycles. The minimum Gasteiger partial charge on any atom is -0.480 e. The van der Waals surface area contributed by atoms with Gasteiger partial charge in [0.1, 0.15) is 6.04 Å². The molecule has 0 aliphatic rings. The van der Waals surface area contributed by atoms with Gasteiger partial charge in [0.05, 0.1) is 0 Å². The van der Waals surface area contributed by atoms with Gasteiger partial charge in [0.15, 0.2) is 0 Å². The Balaban J connectivity index is 0.00000128. The average molecular weight is 295 g/mol. The Morgan fingerprint density at radius 2 is 2.12 bits per heavy atom. The smallest absolute Gasteiger partial charge is 0.320 e. The molecule has 1 heterocycles. The summed E-state index contributed by atoms with van der Waals surface area (Å²) in [5.41, 5.74) is 7.43. The van der Waals surface area contributed by atoms with Crippen molar-refractivity contribution in [3.05, 3.63) is 36.0 Å². The molecule has 4 N–H and O–H groups in total. The predicted octanol–water partition coefficient (Wildman–Crippen LogP) is 1.12. The van der Waals surface area contributed by atoms with Crippen LogP contribution in [0.15, 0.2) is 30.5 Å². The van der Waals surface area contributed by atoms with Gasteiger partial charge < -0.3 is 15.8 Å². The first-order chi connectivity index (χ1) is 7.18. The maximum atomic E-state index is 10.6. The average Bonchev–Trinajstić information content (AvgIpc) is 2.62. The van der Waals surface area contributed by atoms with E-state index in [-0.39, 0.29) is 26.2 Å². The Bertz CT molecular complexity index is 495. The van der Waals surface area contributed by atoms with E-state index >= 15 is 0 Å². The van der Waals surface area contributed by atoms with Gasteiger partial charge >= 0.3 is 5.97 Å². The largest absolute Gasteiger partial charge is 0.480 e. The fraction of sp³-hybridized carbons (Fsp3) is 0.182. The molecule has 0 spiro atoms. The maximum Gasteiger partial charge on any atom is 0.320 e. The Kier molecular flexibility index (Phi) is 4.45. The zero-order valence-electron chi connectivity index (χ0n) is 8.60. The number of fused-ring (bicyclic) bond motifs is 1. The van der Waals surface area contributed by atoms with E-state index in [1.54, 1.807) is 0 Å². The number of rotatable bonds is 3. The van der Waals surface area contributed by atoms with Gasteiger partial charge in [-0.25, -0.2) is 0 Å². The van der Waals surface area contributed by atoms with Crippen molar-refractivity contribution in [1.82, 2.24) is 4.98 Å². The van der Waals surface area contributed by atoms with Gasteiger partial charge in [0.2, 0.25) is 0 Å². The van der Waals surface area contributed by atoms with Crippen molar-refractivity contribution in [3.8, 4) is 0 Å². The van der Waals surface area contributed by atoms with Crippen molar-refractivity contribution in [2.45, 2.75) is 12.5 Å². The first-order valence-corrected chi connectivity index (χ1v) is 4.72. The Hall–Kier alpha value is -0.927. The van der Waals surface area contributed by atoms with Gasteiger partial charge in [-0.15, -0.1) is 0 Å². The van der Waals surface area contributed by atoms with Crippen molar-refractivity contribution >= 4 is 16.9 Å². The summed E-state index contributed by atoms with van der Waals surface area (Å²) in [7, 11) is 0. The van der Waals surface area contributed by atoms with Crippen LogP contribution in [0.4, 0.5) is 0 Å². The van der Waals surface area contributed by atoms with Crippen molar-refractivity contribution in [1.29, 1.82) is 0 Å². The number of para-hydroxylation sites is 1. The Morgan fingerprint density at radius 3 is 2.81 bits per heavy atom. The number of nitrogens with one attached hydrogen (secondary N) is 1. The molecule has 4 nitrogen and oxygen atoms in total. The van der Waals surface area contributed by atoms with E-state index in [0.717, 1.165) is 16.5 Å². The molecule has 0 aliphatic heterocycles. The third-order valence-electron chi connectivity index (χ3n) is 2.43. The summed E-state index contributed by atoms with van der Waals surface area (Å²) in [6, 6.07) is 6.91. The molecule has 1 aromatic carbocycles. The van der Waals surface area contributed by atoms with E-state index in [2.05, 4.69) is 4.98 Å². The quantitative estimate of drug-likeness (QED) is 0.794. The molecule has 16 heavy (non-hydrogen) atoms. The van der Waals surface area contributed by atoms with Gasteiger partial charge in [-0.05, 0) is 11.6 Å². The van der Waals surface area contributed by atoms with Crippen molar-refractivity contribution in [2.24, 2.45) is 5.73 Å². The molecule has 2 aromatic rings. The van der Waals surface area contributed by atoms with Crippen molar-refractivity contribution in [3.63, 3.8) is 0 Å². The van der Waals surface area contributed by atoms with E-state index < -0.39 is 12.0 Å². The van der Waals surface area contributed by atoms with E-state index in [9.17, 15) is 4.79 Å².